The summed E-state index contributed by atoms with van der Waals surface area (Å²) in [7, 11) is 0. The van der Waals surface area contributed by atoms with E-state index in [2.05, 4.69) is 32.3 Å². The van der Waals surface area contributed by atoms with Crippen molar-refractivity contribution in [3.63, 3.8) is 0 Å². The van der Waals surface area contributed by atoms with E-state index in [0.717, 1.165) is 11.1 Å². The first-order valence-electron chi connectivity index (χ1n) is 7.62. The van der Waals surface area contributed by atoms with Crippen LogP contribution in [0.1, 0.15) is 11.1 Å². The maximum absolute atomic E-state index is 11.2. The number of azo groups is 1. The maximum Gasteiger partial charge on any atom is 0.365 e. The summed E-state index contributed by atoms with van der Waals surface area (Å²) >= 11 is 6.14. The number of rotatable bonds is 5. The van der Waals surface area contributed by atoms with Gasteiger partial charge in [0.15, 0.2) is 5.84 Å². The molecule has 0 bridgehead atoms. The fourth-order valence-electron chi connectivity index (χ4n) is 2.07. The van der Waals surface area contributed by atoms with Gasteiger partial charge in [0.25, 0.3) is 0 Å². The van der Waals surface area contributed by atoms with Gasteiger partial charge >= 0.3 is 6.03 Å². The van der Waals surface area contributed by atoms with Gasteiger partial charge in [-0.15, -0.1) is 10.2 Å². The summed E-state index contributed by atoms with van der Waals surface area (Å²) in [4.78, 5) is 11.2. The Bertz CT molecular complexity index is 937. The number of nitrogens with one attached hydrogen (secondary N) is 1. The monoisotopic (exact) mass is 367 g/mol. The van der Waals surface area contributed by atoms with Crippen molar-refractivity contribution in [2.24, 2.45) is 20.4 Å². The molecule has 0 radical (unpaired) electrons. The number of hydrogen-bond acceptors (Lipinski definition) is 5. The fraction of sp³-hybridized carbons (Fsp3) is 0.0556. The number of para-hydroxylation sites is 1. The van der Waals surface area contributed by atoms with Crippen LogP contribution in [0.15, 0.2) is 81.2 Å². The molecule has 0 saturated heterocycles. The maximum atomic E-state index is 11.2. The zero-order valence-electron chi connectivity index (χ0n) is 13.6. The smallest absolute Gasteiger partial charge is 0.365 e. The van der Waals surface area contributed by atoms with E-state index in [9.17, 15) is 4.79 Å². The summed E-state index contributed by atoms with van der Waals surface area (Å²) < 4.78 is 5.84. The van der Waals surface area contributed by atoms with Crippen molar-refractivity contribution in [1.29, 1.82) is 0 Å². The Kier molecular flexibility index (Phi) is 5.50. The molecule has 2 amide bonds. The number of nitrogens with zero attached hydrogens (tertiary/aromatic N) is 4. The molecule has 3 rings (SSSR count). The summed E-state index contributed by atoms with van der Waals surface area (Å²) in [5.74, 6) is 0.776. The molecule has 1 aliphatic heterocycles. The molecule has 0 spiro atoms. The Morgan fingerprint density at radius 1 is 1.15 bits per heavy atom. The highest BCUT2D eigenvalue weighted by atomic mass is 35.5. The first-order chi connectivity index (χ1) is 12.6. The number of urea groups is 1. The highest BCUT2D eigenvalue weighted by molar-refractivity contribution is 6.31. The third-order valence-electron chi connectivity index (χ3n) is 3.37. The Labute approximate surface area is 154 Å². The lowest BCUT2D eigenvalue weighted by Crippen LogP contribution is -2.31. The largest absolute Gasteiger partial charge is 0.488 e. The predicted molar refractivity (Wildman–Crippen MR) is 99.8 cm³/mol. The third kappa shape index (κ3) is 4.40. The predicted octanol–water partition coefficient (Wildman–Crippen LogP) is 4.34. The topological polar surface area (TPSA) is 87.8 Å². The third-order valence-corrected chi connectivity index (χ3v) is 3.74. The summed E-state index contributed by atoms with van der Waals surface area (Å²) in [6.07, 6.45) is 1.51. The molecule has 8 heteroatoms. The van der Waals surface area contributed by atoms with Gasteiger partial charge in [0, 0.05) is 16.1 Å². The molecular formula is C18H14ClN5O2. The van der Waals surface area contributed by atoms with Crippen LogP contribution < -0.4 is 10.1 Å². The summed E-state index contributed by atoms with van der Waals surface area (Å²) in [5.41, 5.74) is 1.83. The van der Waals surface area contributed by atoms with E-state index in [1.54, 1.807) is 0 Å². The van der Waals surface area contributed by atoms with Crippen LogP contribution in [-0.2, 0) is 6.61 Å². The number of halogens is 1. The van der Waals surface area contributed by atoms with E-state index in [0.29, 0.717) is 17.4 Å². The second-order valence-electron chi connectivity index (χ2n) is 5.19. The van der Waals surface area contributed by atoms with Crippen molar-refractivity contribution in [3.05, 3.63) is 77.0 Å². The van der Waals surface area contributed by atoms with E-state index in [1.807, 2.05) is 48.5 Å². The zero-order chi connectivity index (χ0) is 18.4. The number of ether oxygens (including phenoxy) is 1. The molecule has 1 N–H and O–H groups in total. The van der Waals surface area contributed by atoms with Gasteiger partial charge < -0.3 is 4.74 Å². The van der Waals surface area contributed by atoms with Gasteiger partial charge in [-0.1, -0.05) is 53.6 Å². The molecule has 1 aliphatic rings. The second kappa shape index (κ2) is 8.17. The van der Waals surface area contributed by atoms with Crippen LogP contribution in [0, 0.1) is 0 Å². The number of amidine groups is 1. The van der Waals surface area contributed by atoms with Gasteiger partial charge in [-0.25, -0.2) is 4.79 Å². The van der Waals surface area contributed by atoms with Gasteiger partial charge in [0.1, 0.15) is 18.1 Å². The number of benzene rings is 2. The number of hydrogen-bond donors (Lipinski definition) is 1. The summed E-state index contributed by atoms with van der Waals surface area (Å²) in [5, 5.41) is 17.8. The minimum Gasteiger partial charge on any atom is -0.488 e. The zero-order valence-corrected chi connectivity index (χ0v) is 14.3. The number of carbonyl (C=O) groups is 1. The first-order valence-corrected chi connectivity index (χ1v) is 7.99. The number of amides is 2. The standard InChI is InChI=1S/C18H14ClN5O2/c1-12-17(21-18(25)24-22-12)23-20-10-13-6-3-5-9-16(13)26-11-14-7-2-4-8-15(14)19/h2-10H,1,11H2,(H,21,23,25)/b20-10+. The van der Waals surface area contributed by atoms with Crippen LogP contribution in [0.3, 0.4) is 0 Å². The second-order valence-corrected chi connectivity index (χ2v) is 5.60. The number of carbonyl (C=O) groups excluding carboxylic acids is 1. The van der Waals surface area contributed by atoms with E-state index in [4.69, 9.17) is 16.3 Å². The van der Waals surface area contributed by atoms with Gasteiger partial charge in [-0.2, -0.15) is 5.10 Å². The molecule has 2 aromatic carbocycles. The molecule has 0 atom stereocenters. The molecular weight excluding hydrogens is 354 g/mol. The summed E-state index contributed by atoms with van der Waals surface area (Å²) in [6, 6.07) is 14.2. The van der Waals surface area contributed by atoms with Gasteiger partial charge in [-0.3, -0.25) is 5.32 Å². The average Bonchev–Trinajstić information content (AvgIpc) is 2.65. The van der Waals surface area contributed by atoms with E-state index in [-0.39, 0.29) is 11.5 Å². The molecule has 7 nitrogen and oxygen atoms in total. The lowest BCUT2D eigenvalue weighted by atomic mass is 10.2. The molecule has 130 valence electrons. The van der Waals surface area contributed by atoms with Crippen molar-refractivity contribution in [2.75, 3.05) is 0 Å². The Balaban J connectivity index is 1.73. The molecule has 0 unspecified atom stereocenters. The molecule has 26 heavy (non-hydrogen) atoms. The van der Waals surface area contributed by atoms with Crippen LogP contribution in [0.25, 0.3) is 0 Å². The van der Waals surface area contributed by atoms with Crippen molar-refractivity contribution in [1.82, 2.24) is 5.32 Å². The highest BCUT2D eigenvalue weighted by Gasteiger charge is 2.14. The molecule has 1 heterocycles. The highest BCUT2D eigenvalue weighted by Crippen LogP contribution is 2.21. The van der Waals surface area contributed by atoms with Gasteiger partial charge in [0.2, 0.25) is 0 Å². The van der Waals surface area contributed by atoms with E-state index < -0.39 is 6.03 Å². The minimum absolute atomic E-state index is 0.149. The van der Waals surface area contributed by atoms with Crippen LogP contribution in [0.2, 0.25) is 5.02 Å². The molecule has 0 aromatic heterocycles. The van der Waals surface area contributed by atoms with Crippen LogP contribution in [-0.4, -0.2) is 18.1 Å². The van der Waals surface area contributed by atoms with E-state index in [1.165, 1.54) is 6.21 Å². The lowest BCUT2D eigenvalue weighted by Gasteiger charge is -2.10. The Morgan fingerprint density at radius 2 is 1.92 bits per heavy atom. The molecule has 0 fully saturated rings. The molecule has 0 aliphatic carbocycles. The normalized spacial score (nSPS) is 15.5. The molecule has 0 saturated carbocycles. The SMILES string of the molecule is C=C1N=NC(=O)N/C1=N/N=C/c1ccccc1OCc1ccccc1Cl. The Morgan fingerprint density at radius 3 is 2.77 bits per heavy atom. The van der Waals surface area contributed by atoms with Crippen molar-refractivity contribution < 1.29 is 9.53 Å². The average molecular weight is 368 g/mol. The van der Waals surface area contributed by atoms with Crippen LogP contribution in [0.5, 0.6) is 5.75 Å². The van der Waals surface area contributed by atoms with E-state index >= 15 is 0 Å². The van der Waals surface area contributed by atoms with Crippen molar-refractivity contribution in [3.8, 4) is 5.75 Å². The van der Waals surface area contributed by atoms with Crippen molar-refractivity contribution in [2.45, 2.75) is 6.61 Å². The molecule has 2 aromatic rings. The quantitative estimate of drug-likeness (QED) is 0.629. The lowest BCUT2D eigenvalue weighted by molar-refractivity contribution is 0.251. The summed E-state index contributed by atoms with van der Waals surface area (Å²) in [6.45, 7) is 3.95. The minimum atomic E-state index is -0.616. The fourth-order valence-corrected chi connectivity index (χ4v) is 2.26. The van der Waals surface area contributed by atoms with Crippen molar-refractivity contribution >= 4 is 29.7 Å². The van der Waals surface area contributed by atoms with Gasteiger partial charge in [-0.05, 0) is 18.2 Å². The Hall–Kier alpha value is -3.32. The van der Waals surface area contributed by atoms with Crippen LogP contribution >= 0.6 is 11.6 Å². The van der Waals surface area contributed by atoms with Gasteiger partial charge in [0.05, 0.1) is 6.21 Å². The first kappa shape index (κ1) is 17.5. The van der Waals surface area contributed by atoms with Crippen LogP contribution in [0.4, 0.5) is 4.79 Å².